The number of nitrogens with one attached hydrogen (secondary N) is 2. The lowest BCUT2D eigenvalue weighted by Gasteiger charge is -2.20. The Hall–Kier alpha value is -2.28. The third kappa shape index (κ3) is 4.42. The van der Waals surface area contributed by atoms with E-state index in [1.807, 2.05) is 29.9 Å². The molecule has 1 atom stereocenters. The van der Waals surface area contributed by atoms with E-state index >= 15 is 0 Å². The van der Waals surface area contributed by atoms with Crippen molar-refractivity contribution in [3.63, 3.8) is 0 Å². The summed E-state index contributed by atoms with van der Waals surface area (Å²) >= 11 is 6.26. The molecule has 1 unspecified atom stereocenters. The fraction of sp³-hybridized carbons (Fsp3) is 0.471. The van der Waals surface area contributed by atoms with E-state index in [0.29, 0.717) is 17.6 Å². The number of aromatic nitrogens is 3. The molecule has 0 radical (unpaired) electrons. The highest BCUT2D eigenvalue weighted by Gasteiger charge is 2.25. The van der Waals surface area contributed by atoms with Crippen molar-refractivity contribution >= 4 is 23.4 Å². The van der Waals surface area contributed by atoms with Gasteiger partial charge in [0.05, 0.1) is 17.3 Å². The molecule has 0 spiro atoms. The van der Waals surface area contributed by atoms with Crippen LogP contribution in [0.15, 0.2) is 35.6 Å². The van der Waals surface area contributed by atoms with Gasteiger partial charge in [-0.2, -0.15) is 5.10 Å². The summed E-state index contributed by atoms with van der Waals surface area (Å²) in [4.78, 5) is 11.3. The van der Waals surface area contributed by atoms with E-state index in [0.717, 1.165) is 43.5 Å². The van der Waals surface area contributed by atoms with Crippen molar-refractivity contribution in [2.45, 2.75) is 25.9 Å². The molecule has 1 fully saturated rings. The first-order valence-corrected chi connectivity index (χ1v) is 8.92. The van der Waals surface area contributed by atoms with Gasteiger partial charge in [0.15, 0.2) is 5.96 Å². The van der Waals surface area contributed by atoms with Crippen molar-refractivity contribution in [2.24, 2.45) is 12.0 Å². The molecule has 2 aromatic rings. The molecule has 3 heterocycles. The first kappa shape index (κ1) is 17.5. The predicted octanol–water partition coefficient (Wildman–Crippen LogP) is 1.80. The van der Waals surface area contributed by atoms with Crippen LogP contribution in [0.5, 0.6) is 0 Å². The summed E-state index contributed by atoms with van der Waals surface area (Å²) < 4.78 is 1.84. The van der Waals surface area contributed by atoms with Crippen molar-refractivity contribution in [1.82, 2.24) is 25.4 Å². The van der Waals surface area contributed by atoms with Crippen molar-refractivity contribution in [3.8, 4) is 0 Å². The van der Waals surface area contributed by atoms with Gasteiger partial charge in [0.25, 0.3) is 0 Å². The maximum Gasteiger partial charge on any atom is 0.191 e. The third-order valence-corrected chi connectivity index (χ3v) is 4.53. The molecular formula is C17H24ClN7. The molecular weight excluding hydrogens is 338 g/mol. The second-order valence-electron chi connectivity index (χ2n) is 6.03. The number of rotatable bonds is 5. The summed E-state index contributed by atoms with van der Waals surface area (Å²) in [7, 11) is 1.93. The summed E-state index contributed by atoms with van der Waals surface area (Å²) in [5.74, 6) is 1.67. The molecule has 1 aliphatic rings. The largest absolute Gasteiger partial charge is 0.357 e. The predicted molar refractivity (Wildman–Crippen MR) is 101 cm³/mol. The normalized spacial score (nSPS) is 17.8. The Morgan fingerprint density at radius 1 is 1.40 bits per heavy atom. The van der Waals surface area contributed by atoms with Crippen molar-refractivity contribution in [1.29, 1.82) is 0 Å². The van der Waals surface area contributed by atoms with E-state index in [9.17, 15) is 0 Å². The van der Waals surface area contributed by atoms with Crippen LogP contribution in [-0.2, 0) is 13.6 Å². The second kappa shape index (κ2) is 8.20. The molecule has 1 aliphatic heterocycles. The van der Waals surface area contributed by atoms with Crippen LogP contribution >= 0.6 is 11.6 Å². The first-order chi connectivity index (χ1) is 12.2. The Kier molecular flexibility index (Phi) is 5.75. The van der Waals surface area contributed by atoms with Crippen LogP contribution < -0.4 is 15.5 Å². The molecule has 8 heteroatoms. The molecule has 0 bridgehead atoms. The number of hydrogen-bond acceptors (Lipinski definition) is 4. The minimum Gasteiger partial charge on any atom is -0.357 e. The zero-order chi connectivity index (χ0) is 17.6. The van der Waals surface area contributed by atoms with E-state index in [1.165, 1.54) is 0 Å². The third-order valence-electron chi connectivity index (χ3n) is 4.23. The van der Waals surface area contributed by atoms with E-state index in [1.54, 1.807) is 12.4 Å². The Morgan fingerprint density at radius 2 is 2.28 bits per heavy atom. The van der Waals surface area contributed by atoms with Gasteiger partial charge in [-0.3, -0.25) is 4.68 Å². The van der Waals surface area contributed by atoms with Crippen LogP contribution in [0, 0.1) is 0 Å². The summed E-state index contributed by atoms with van der Waals surface area (Å²) in [6, 6.07) is 6.02. The Balaban J connectivity index is 1.61. The quantitative estimate of drug-likeness (QED) is 0.627. The maximum atomic E-state index is 6.26. The molecule has 2 N–H and O–H groups in total. The van der Waals surface area contributed by atoms with E-state index in [2.05, 4.69) is 37.5 Å². The fourth-order valence-electron chi connectivity index (χ4n) is 2.91. The average molecular weight is 362 g/mol. The molecule has 3 rings (SSSR count). The molecule has 2 aromatic heterocycles. The van der Waals surface area contributed by atoms with Gasteiger partial charge in [0.1, 0.15) is 5.82 Å². The van der Waals surface area contributed by atoms with Crippen LogP contribution in [0.4, 0.5) is 5.82 Å². The minimum atomic E-state index is 0.308. The second-order valence-corrected chi connectivity index (χ2v) is 6.43. The number of nitrogens with zero attached hydrogens (tertiary/aromatic N) is 5. The summed E-state index contributed by atoms with van der Waals surface area (Å²) in [5, 5.41) is 11.7. The zero-order valence-corrected chi connectivity index (χ0v) is 15.4. The highest BCUT2D eigenvalue weighted by molar-refractivity contribution is 6.32. The number of halogens is 1. The highest BCUT2D eigenvalue weighted by atomic mass is 35.5. The lowest BCUT2D eigenvalue weighted by atomic mass is 10.3. The monoisotopic (exact) mass is 361 g/mol. The van der Waals surface area contributed by atoms with Crippen molar-refractivity contribution in [2.75, 3.05) is 24.5 Å². The first-order valence-electron chi connectivity index (χ1n) is 8.54. The lowest BCUT2D eigenvalue weighted by Crippen LogP contribution is -2.44. The summed E-state index contributed by atoms with van der Waals surface area (Å²) in [5.41, 5.74) is 1.07. The lowest BCUT2D eigenvalue weighted by molar-refractivity contribution is 0.645. The standard InChI is InChI=1S/C17H24ClN7/c1-3-19-17(21-11-14-6-9-22-24(14)2)23-13-7-10-25(12-13)16-15(18)5-4-8-20-16/h4-6,8-9,13H,3,7,10-12H2,1-2H3,(H2,19,21,23). The number of hydrogen-bond donors (Lipinski definition) is 2. The zero-order valence-electron chi connectivity index (χ0n) is 14.6. The molecule has 0 saturated carbocycles. The topological polar surface area (TPSA) is 70.4 Å². The van der Waals surface area contributed by atoms with Crippen molar-refractivity contribution < 1.29 is 0 Å². The molecule has 134 valence electrons. The molecule has 25 heavy (non-hydrogen) atoms. The molecule has 0 aromatic carbocycles. The van der Waals surface area contributed by atoms with Crippen LogP contribution in [-0.4, -0.2) is 46.4 Å². The SMILES string of the molecule is CCNC(=NCc1ccnn1C)NC1CCN(c2ncccc2Cl)C1. The summed E-state index contributed by atoms with van der Waals surface area (Å²) in [6.07, 6.45) is 4.58. The number of anilines is 1. The van der Waals surface area contributed by atoms with E-state index < -0.39 is 0 Å². The van der Waals surface area contributed by atoms with Crippen LogP contribution in [0.1, 0.15) is 19.0 Å². The van der Waals surface area contributed by atoms with Crippen molar-refractivity contribution in [3.05, 3.63) is 41.3 Å². The maximum absolute atomic E-state index is 6.26. The van der Waals surface area contributed by atoms with Crippen LogP contribution in [0.2, 0.25) is 5.02 Å². The molecule has 1 saturated heterocycles. The van der Waals surface area contributed by atoms with Gasteiger partial charge < -0.3 is 15.5 Å². The molecule has 0 aliphatic carbocycles. The summed E-state index contributed by atoms with van der Waals surface area (Å²) in [6.45, 7) is 5.26. The van der Waals surface area contributed by atoms with Gasteiger partial charge in [0.2, 0.25) is 0 Å². The Bertz CT molecular complexity index is 727. The Labute approximate surface area is 153 Å². The van der Waals surface area contributed by atoms with E-state index in [-0.39, 0.29) is 0 Å². The van der Waals surface area contributed by atoms with Gasteiger partial charge in [-0.15, -0.1) is 0 Å². The average Bonchev–Trinajstić information content (AvgIpc) is 3.22. The number of guanidine groups is 1. The Morgan fingerprint density at radius 3 is 3.00 bits per heavy atom. The number of pyridine rings is 1. The van der Waals surface area contributed by atoms with Gasteiger partial charge in [0, 0.05) is 45.1 Å². The minimum absolute atomic E-state index is 0.308. The van der Waals surface area contributed by atoms with Gasteiger partial charge in [-0.05, 0) is 31.5 Å². The van der Waals surface area contributed by atoms with Crippen LogP contribution in [0.25, 0.3) is 0 Å². The molecule has 0 amide bonds. The number of aliphatic imine (C=N–C) groups is 1. The molecule has 7 nitrogen and oxygen atoms in total. The van der Waals surface area contributed by atoms with Gasteiger partial charge >= 0.3 is 0 Å². The smallest absolute Gasteiger partial charge is 0.191 e. The highest BCUT2D eigenvalue weighted by Crippen LogP contribution is 2.25. The van der Waals surface area contributed by atoms with Gasteiger partial charge in [-0.1, -0.05) is 11.6 Å². The van der Waals surface area contributed by atoms with E-state index in [4.69, 9.17) is 11.6 Å². The fourth-order valence-corrected chi connectivity index (χ4v) is 3.15. The van der Waals surface area contributed by atoms with Gasteiger partial charge in [-0.25, -0.2) is 9.98 Å². The van der Waals surface area contributed by atoms with Crippen LogP contribution in [0.3, 0.4) is 0 Å². The number of aryl methyl sites for hydroxylation is 1.